The molecule has 1 atom stereocenters. The minimum atomic E-state index is 0.156. The summed E-state index contributed by atoms with van der Waals surface area (Å²) in [6.45, 7) is 5.25. The van der Waals surface area contributed by atoms with Crippen LogP contribution in [0.2, 0.25) is 0 Å². The first-order chi connectivity index (χ1) is 7.76. The Balaban J connectivity index is 2.26. The van der Waals surface area contributed by atoms with Crippen LogP contribution in [-0.2, 0) is 4.74 Å². The van der Waals surface area contributed by atoms with Gasteiger partial charge in [0, 0.05) is 31.3 Å². The third-order valence-electron chi connectivity index (χ3n) is 2.09. The minimum Gasteiger partial charge on any atom is -0.377 e. The zero-order valence-electron chi connectivity index (χ0n) is 9.85. The van der Waals surface area contributed by atoms with Gasteiger partial charge in [0.25, 0.3) is 0 Å². The summed E-state index contributed by atoms with van der Waals surface area (Å²) in [6, 6.07) is 0. The molecule has 1 aromatic rings. The van der Waals surface area contributed by atoms with E-state index in [1.54, 1.807) is 11.8 Å². The molecule has 0 spiro atoms. The minimum absolute atomic E-state index is 0.156. The van der Waals surface area contributed by atoms with Crippen LogP contribution in [-0.4, -0.2) is 35.0 Å². The number of rotatable bonds is 7. The van der Waals surface area contributed by atoms with Crippen molar-refractivity contribution in [3.05, 3.63) is 18.0 Å². The van der Waals surface area contributed by atoms with Crippen LogP contribution in [0.4, 0.5) is 0 Å². The van der Waals surface area contributed by atoms with Crippen molar-refractivity contribution in [3.8, 4) is 0 Å². The molecule has 1 unspecified atom stereocenters. The van der Waals surface area contributed by atoms with E-state index in [0.29, 0.717) is 13.2 Å². The smallest absolute Gasteiger partial charge is 0.187 e. The summed E-state index contributed by atoms with van der Waals surface area (Å²) in [5.74, 6) is 0.935. The average Bonchev–Trinajstić information content (AvgIpc) is 2.30. The van der Waals surface area contributed by atoms with E-state index in [4.69, 9.17) is 10.5 Å². The summed E-state index contributed by atoms with van der Waals surface area (Å²) in [7, 11) is 0. The molecule has 0 aliphatic rings. The predicted octanol–water partition coefficient (Wildman–Crippen LogP) is 1.63. The summed E-state index contributed by atoms with van der Waals surface area (Å²) in [6.07, 6.45) is 4.76. The highest BCUT2D eigenvalue weighted by Crippen LogP contribution is 2.14. The number of hydrogen-bond donors (Lipinski definition) is 1. The Hall–Kier alpha value is -0.650. The molecule has 0 saturated carbocycles. The fourth-order valence-corrected chi connectivity index (χ4v) is 2.06. The highest BCUT2D eigenvalue weighted by molar-refractivity contribution is 7.99. The van der Waals surface area contributed by atoms with Gasteiger partial charge < -0.3 is 10.5 Å². The van der Waals surface area contributed by atoms with Crippen LogP contribution in [0.3, 0.4) is 0 Å². The molecule has 0 aromatic carbocycles. The Morgan fingerprint density at radius 1 is 1.44 bits per heavy atom. The molecular formula is C11H19N3OS. The summed E-state index contributed by atoms with van der Waals surface area (Å²) in [5, 5.41) is 0.817. The molecule has 1 heterocycles. The topological polar surface area (TPSA) is 61.0 Å². The van der Waals surface area contributed by atoms with Gasteiger partial charge >= 0.3 is 0 Å². The van der Waals surface area contributed by atoms with E-state index in [-0.39, 0.29) is 6.10 Å². The maximum Gasteiger partial charge on any atom is 0.187 e. The maximum atomic E-state index is 5.59. The molecule has 2 N–H and O–H groups in total. The highest BCUT2D eigenvalue weighted by atomic mass is 32.2. The summed E-state index contributed by atoms with van der Waals surface area (Å²) < 4.78 is 5.47. The highest BCUT2D eigenvalue weighted by Gasteiger charge is 2.06. The predicted molar refractivity (Wildman–Crippen MR) is 66.6 cm³/mol. The summed E-state index contributed by atoms with van der Waals surface area (Å²) in [5.41, 5.74) is 6.67. The van der Waals surface area contributed by atoms with Gasteiger partial charge in [-0.2, -0.15) is 0 Å². The van der Waals surface area contributed by atoms with Gasteiger partial charge in [0.1, 0.15) is 0 Å². The van der Waals surface area contributed by atoms with Crippen molar-refractivity contribution >= 4 is 11.8 Å². The monoisotopic (exact) mass is 241 g/mol. The van der Waals surface area contributed by atoms with Crippen molar-refractivity contribution in [1.82, 2.24) is 9.97 Å². The number of hydrogen-bond acceptors (Lipinski definition) is 5. The third-order valence-corrected chi connectivity index (χ3v) is 3.00. The average molecular weight is 241 g/mol. The molecule has 90 valence electrons. The van der Waals surface area contributed by atoms with Gasteiger partial charge in [-0.3, -0.25) is 0 Å². The van der Waals surface area contributed by atoms with Crippen molar-refractivity contribution in [1.29, 1.82) is 0 Å². The van der Waals surface area contributed by atoms with E-state index in [1.807, 2.05) is 26.2 Å². The van der Waals surface area contributed by atoms with Crippen LogP contribution < -0.4 is 5.73 Å². The summed E-state index contributed by atoms with van der Waals surface area (Å²) in [4.78, 5) is 8.45. The van der Waals surface area contributed by atoms with Crippen LogP contribution in [0.5, 0.6) is 0 Å². The molecule has 16 heavy (non-hydrogen) atoms. The van der Waals surface area contributed by atoms with Crippen molar-refractivity contribution in [2.45, 2.75) is 31.5 Å². The molecule has 1 rings (SSSR count). The molecule has 0 amide bonds. The quantitative estimate of drug-likeness (QED) is 0.581. The van der Waals surface area contributed by atoms with Crippen LogP contribution in [0.15, 0.2) is 17.6 Å². The zero-order valence-corrected chi connectivity index (χ0v) is 10.7. The second-order valence-corrected chi connectivity index (χ2v) is 4.56. The Morgan fingerprint density at radius 3 is 2.69 bits per heavy atom. The fourth-order valence-electron chi connectivity index (χ4n) is 1.24. The molecule has 0 fully saturated rings. The Morgan fingerprint density at radius 2 is 2.12 bits per heavy atom. The zero-order chi connectivity index (χ0) is 11.8. The van der Waals surface area contributed by atoms with Crippen LogP contribution in [0.1, 0.15) is 18.9 Å². The number of ether oxygens (including phenoxy) is 1. The number of nitrogens with zero attached hydrogens (tertiary/aromatic N) is 2. The van der Waals surface area contributed by atoms with Crippen molar-refractivity contribution in [2.75, 3.05) is 18.9 Å². The Bertz CT molecular complexity index is 292. The van der Waals surface area contributed by atoms with Crippen molar-refractivity contribution in [2.24, 2.45) is 5.73 Å². The first-order valence-electron chi connectivity index (χ1n) is 5.49. The molecule has 0 bridgehead atoms. The number of aryl methyl sites for hydroxylation is 1. The van der Waals surface area contributed by atoms with Crippen LogP contribution in [0, 0.1) is 6.92 Å². The molecule has 1 aromatic heterocycles. The standard InChI is InChI=1S/C11H19N3OS/c1-3-15-10(6-12)4-5-16-11-13-7-9(2)8-14-11/h7-8,10H,3-6,12H2,1-2H3. The lowest BCUT2D eigenvalue weighted by Crippen LogP contribution is -2.24. The fraction of sp³-hybridized carbons (Fsp3) is 0.636. The van der Waals surface area contributed by atoms with E-state index in [0.717, 1.165) is 22.9 Å². The number of aromatic nitrogens is 2. The lowest BCUT2D eigenvalue weighted by molar-refractivity contribution is 0.0674. The van der Waals surface area contributed by atoms with Gasteiger partial charge in [-0.1, -0.05) is 11.8 Å². The first kappa shape index (κ1) is 13.4. The molecule has 0 aliphatic heterocycles. The third kappa shape index (κ3) is 4.92. The molecular weight excluding hydrogens is 222 g/mol. The summed E-state index contributed by atoms with van der Waals surface area (Å²) >= 11 is 1.64. The SMILES string of the molecule is CCOC(CN)CCSc1ncc(C)cn1. The molecule has 0 aliphatic carbocycles. The van der Waals surface area contributed by atoms with E-state index in [1.165, 1.54) is 0 Å². The van der Waals surface area contributed by atoms with Crippen molar-refractivity contribution < 1.29 is 4.74 Å². The van der Waals surface area contributed by atoms with Gasteiger partial charge in [-0.05, 0) is 25.8 Å². The largest absolute Gasteiger partial charge is 0.377 e. The molecule has 5 heteroatoms. The molecule has 4 nitrogen and oxygen atoms in total. The number of nitrogens with two attached hydrogens (primary N) is 1. The lowest BCUT2D eigenvalue weighted by atomic mass is 10.3. The van der Waals surface area contributed by atoms with Gasteiger partial charge in [-0.25, -0.2) is 9.97 Å². The van der Waals surface area contributed by atoms with E-state index in [2.05, 4.69) is 9.97 Å². The number of thioether (sulfide) groups is 1. The van der Waals surface area contributed by atoms with E-state index < -0.39 is 0 Å². The van der Waals surface area contributed by atoms with Crippen molar-refractivity contribution in [3.63, 3.8) is 0 Å². The normalized spacial score (nSPS) is 12.7. The second kappa shape index (κ2) is 7.60. The maximum absolute atomic E-state index is 5.59. The molecule has 0 saturated heterocycles. The van der Waals surface area contributed by atoms with Crippen LogP contribution in [0.25, 0.3) is 0 Å². The second-order valence-electron chi connectivity index (χ2n) is 3.49. The molecule has 0 radical (unpaired) electrons. The van der Waals surface area contributed by atoms with E-state index in [9.17, 15) is 0 Å². The van der Waals surface area contributed by atoms with Gasteiger partial charge in [0.15, 0.2) is 5.16 Å². The van der Waals surface area contributed by atoms with Gasteiger partial charge in [-0.15, -0.1) is 0 Å². The Labute approximate surface area is 101 Å². The first-order valence-corrected chi connectivity index (χ1v) is 6.48. The van der Waals surface area contributed by atoms with E-state index >= 15 is 0 Å². The van der Waals surface area contributed by atoms with Gasteiger partial charge in [0.2, 0.25) is 0 Å². The Kier molecular flexibility index (Phi) is 6.37. The van der Waals surface area contributed by atoms with Crippen LogP contribution >= 0.6 is 11.8 Å². The van der Waals surface area contributed by atoms with Gasteiger partial charge in [0.05, 0.1) is 6.10 Å². The lowest BCUT2D eigenvalue weighted by Gasteiger charge is -2.13.